The van der Waals surface area contributed by atoms with Crippen LogP contribution < -0.4 is 4.90 Å². The summed E-state index contributed by atoms with van der Waals surface area (Å²) in [6.07, 6.45) is 0. The van der Waals surface area contributed by atoms with Gasteiger partial charge >= 0.3 is 0 Å². The molecule has 2 nitrogen and oxygen atoms in total. The third-order valence-corrected chi connectivity index (χ3v) is 15.2. The number of rotatable bonds is 5. The molecule has 0 fully saturated rings. The molecule has 1 spiro atoms. The Labute approximate surface area is 385 Å². The fourth-order valence-electron chi connectivity index (χ4n) is 12.6. The fourth-order valence-corrected chi connectivity index (χ4v) is 12.6. The van der Waals surface area contributed by atoms with Crippen molar-refractivity contribution in [3.05, 3.63) is 264 Å². The lowest BCUT2D eigenvalue weighted by Gasteiger charge is -2.41. The quantitative estimate of drug-likeness (QED) is 0.168. The van der Waals surface area contributed by atoms with Crippen molar-refractivity contribution in [2.75, 3.05) is 4.90 Å². The highest BCUT2D eigenvalue weighted by Crippen LogP contribution is 2.64. The molecule has 1 atom stereocenters. The molecular formula is C64H44N2. The van der Waals surface area contributed by atoms with Crippen molar-refractivity contribution in [2.45, 2.75) is 24.7 Å². The van der Waals surface area contributed by atoms with Gasteiger partial charge in [0, 0.05) is 32.9 Å². The second-order valence-electron chi connectivity index (χ2n) is 18.7. The number of hydrogen-bond donors (Lipinski definition) is 0. The zero-order valence-corrected chi connectivity index (χ0v) is 36.8. The van der Waals surface area contributed by atoms with Gasteiger partial charge in [-0.25, -0.2) is 0 Å². The number of aromatic nitrogens is 1. The fraction of sp³-hybridized carbons (Fsp3) is 0.0625. The molecule has 0 amide bonds. The summed E-state index contributed by atoms with van der Waals surface area (Å²) < 4.78 is 2.54. The van der Waals surface area contributed by atoms with E-state index in [2.05, 4.69) is 254 Å². The summed E-state index contributed by atoms with van der Waals surface area (Å²) in [5.41, 5.74) is 24.3. The monoisotopic (exact) mass is 840 g/mol. The summed E-state index contributed by atoms with van der Waals surface area (Å²) in [6, 6.07) is 86.4. The van der Waals surface area contributed by atoms with Crippen LogP contribution in [0, 0.1) is 0 Å². The second kappa shape index (κ2) is 13.7. The Morgan fingerprint density at radius 3 is 1.68 bits per heavy atom. The number of anilines is 3. The van der Waals surface area contributed by atoms with Gasteiger partial charge in [-0.2, -0.15) is 0 Å². The first-order valence-electron chi connectivity index (χ1n) is 23.2. The topological polar surface area (TPSA) is 8.17 Å². The summed E-state index contributed by atoms with van der Waals surface area (Å²) in [5.74, 6) is 0. The Bertz CT molecular complexity index is 3810. The highest BCUT2D eigenvalue weighted by molar-refractivity contribution is 6.13. The molecule has 2 heteroatoms. The van der Waals surface area contributed by atoms with Gasteiger partial charge in [-0.05, 0) is 91.5 Å². The first-order valence-corrected chi connectivity index (χ1v) is 23.2. The van der Waals surface area contributed by atoms with E-state index in [1.807, 2.05) is 0 Å². The van der Waals surface area contributed by atoms with Crippen LogP contribution in [0.15, 0.2) is 231 Å². The molecule has 0 saturated carbocycles. The Balaban J connectivity index is 1.11. The SMILES string of the molecule is CC1(C)c2ccccc2-c2c(N(c3ccccc3-c3ccccc3)c3ccccc3-c3cccc4c3C3(c5ccccc5-4)c4ccccc4-n4c5ccccc5c5cccc3c54)cccc21. The molecular weight excluding hydrogens is 797 g/mol. The smallest absolute Gasteiger partial charge is 0.0760 e. The van der Waals surface area contributed by atoms with Gasteiger partial charge in [-0.3, -0.25) is 0 Å². The normalized spacial score (nSPS) is 15.6. The maximum Gasteiger partial charge on any atom is 0.0760 e. The van der Waals surface area contributed by atoms with Gasteiger partial charge in [-0.15, -0.1) is 0 Å². The summed E-state index contributed by atoms with van der Waals surface area (Å²) in [7, 11) is 0. The third-order valence-electron chi connectivity index (χ3n) is 15.2. The van der Waals surface area contributed by atoms with Gasteiger partial charge in [0.15, 0.2) is 0 Å². The maximum atomic E-state index is 2.58. The molecule has 2 aliphatic carbocycles. The lowest BCUT2D eigenvalue weighted by atomic mass is 9.64. The van der Waals surface area contributed by atoms with Crippen LogP contribution in [0.3, 0.4) is 0 Å². The van der Waals surface area contributed by atoms with E-state index in [4.69, 9.17) is 0 Å². The standard InChI is InChI=1S/C64H44N2/c1-63(2)50-31-11-7-27-49(50)60-53(63)34-20-40-59(60)65(55-36-14-8-23-42(55)41-21-4-3-5-22-41)56-37-15-9-25-44(56)47-29-18-28-46-43-24-6-12-32-51(43)64(61(46)47)52-33-13-17-39-58(52)66-57-38-16-10-26-45(57)48-30-19-35-54(64)62(48)66/h3-40H,1-2H3. The zero-order chi connectivity index (χ0) is 43.7. The van der Waals surface area contributed by atoms with E-state index in [1.54, 1.807) is 0 Å². The van der Waals surface area contributed by atoms with Crippen LogP contribution in [-0.4, -0.2) is 4.57 Å². The van der Waals surface area contributed by atoms with E-state index in [9.17, 15) is 0 Å². The van der Waals surface area contributed by atoms with E-state index in [1.165, 1.54) is 111 Å². The van der Waals surface area contributed by atoms with Crippen molar-refractivity contribution >= 4 is 38.9 Å². The van der Waals surface area contributed by atoms with Crippen molar-refractivity contribution in [1.82, 2.24) is 4.57 Å². The molecule has 2 heterocycles. The molecule has 1 unspecified atom stereocenters. The number of para-hydroxylation sites is 5. The van der Waals surface area contributed by atoms with E-state index >= 15 is 0 Å². The molecule has 0 radical (unpaired) electrons. The largest absolute Gasteiger partial charge is 0.309 e. The Morgan fingerprint density at radius 2 is 0.864 bits per heavy atom. The van der Waals surface area contributed by atoms with Crippen LogP contribution in [0.1, 0.15) is 47.2 Å². The molecule has 14 rings (SSSR count). The van der Waals surface area contributed by atoms with Crippen molar-refractivity contribution < 1.29 is 0 Å². The van der Waals surface area contributed by atoms with Crippen LogP contribution >= 0.6 is 0 Å². The maximum absolute atomic E-state index is 2.58. The Morgan fingerprint density at radius 1 is 0.348 bits per heavy atom. The van der Waals surface area contributed by atoms with Gasteiger partial charge in [0.05, 0.1) is 39.2 Å². The summed E-state index contributed by atoms with van der Waals surface area (Å²) >= 11 is 0. The lowest BCUT2D eigenvalue weighted by molar-refractivity contribution is 0.660. The minimum Gasteiger partial charge on any atom is -0.309 e. The van der Waals surface area contributed by atoms with Crippen molar-refractivity contribution in [3.8, 4) is 50.2 Å². The molecule has 0 N–H and O–H groups in total. The first-order chi connectivity index (χ1) is 32.6. The van der Waals surface area contributed by atoms with Gasteiger partial charge in [-0.1, -0.05) is 214 Å². The van der Waals surface area contributed by atoms with Crippen LogP contribution in [0.4, 0.5) is 17.1 Å². The molecule has 66 heavy (non-hydrogen) atoms. The van der Waals surface area contributed by atoms with Crippen molar-refractivity contribution in [1.29, 1.82) is 0 Å². The van der Waals surface area contributed by atoms with Gasteiger partial charge in [0.25, 0.3) is 0 Å². The number of benzene rings is 10. The van der Waals surface area contributed by atoms with Crippen LogP contribution in [0.5, 0.6) is 0 Å². The first kappa shape index (κ1) is 37.2. The predicted molar refractivity (Wildman–Crippen MR) is 275 cm³/mol. The molecule has 1 aliphatic heterocycles. The van der Waals surface area contributed by atoms with E-state index in [-0.39, 0.29) is 5.41 Å². The third kappa shape index (κ3) is 4.75. The molecule has 0 bridgehead atoms. The summed E-state index contributed by atoms with van der Waals surface area (Å²) in [6.45, 7) is 4.76. The highest BCUT2D eigenvalue weighted by atomic mass is 15.2. The van der Waals surface area contributed by atoms with Gasteiger partial charge < -0.3 is 9.47 Å². The minimum absolute atomic E-state index is 0.164. The van der Waals surface area contributed by atoms with Gasteiger partial charge in [0.1, 0.15) is 0 Å². The predicted octanol–water partition coefficient (Wildman–Crippen LogP) is 16.6. The van der Waals surface area contributed by atoms with Crippen molar-refractivity contribution in [3.63, 3.8) is 0 Å². The summed E-state index contributed by atoms with van der Waals surface area (Å²) in [4.78, 5) is 2.58. The van der Waals surface area contributed by atoms with Crippen LogP contribution in [-0.2, 0) is 10.8 Å². The van der Waals surface area contributed by atoms with Crippen LogP contribution in [0.2, 0.25) is 0 Å². The average molecular weight is 841 g/mol. The molecule has 11 aromatic rings. The Hall–Kier alpha value is -8.20. The Kier molecular flexibility index (Phi) is 7.70. The zero-order valence-electron chi connectivity index (χ0n) is 36.8. The minimum atomic E-state index is -0.611. The molecule has 3 aliphatic rings. The van der Waals surface area contributed by atoms with Gasteiger partial charge in [0.2, 0.25) is 0 Å². The molecule has 0 saturated heterocycles. The molecule has 10 aromatic carbocycles. The van der Waals surface area contributed by atoms with Crippen molar-refractivity contribution in [2.24, 2.45) is 0 Å². The number of nitrogens with zero attached hydrogens (tertiary/aromatic N) is 2. The van der Waals surface area contributed by atoms with Crippen LogP contribution in [0.25, 0.3) is 72.0 Å². The van der Waals surface area contributed by atoms with E-state index in [0.717, 1.165) is 11.4 Å². The molecule has 310 valence electrons. The number of fused-ring (bicyclic) bond motifs is 15. The molecule has 1 aromatic heterocycles. The summed E-state index contributed by atoms with van der Waals surface area (Å²) in [5, 5.41) is 2.56. The highest BCUT2D eigenvalue weighted by Gasteiger charge is 2.52. The number of hydrogen-bond acceptors (Lipinski definition) is 1. The second-order valence-corrected chi connectivity index (χ2v) is 18.7. The van der Waals surface area contributed by atoms with E-state index in [0.29, 0.717) is 0 Å². The van der Waals surface area contributed by atoms with E-state index < -0.39 is 5.41 Å². The average Bonchev–Trinajstić information content (AvgIpc) is 3.96. The lowest BCUT2D eigenvalue weighted by Crippen LogP contribution is -2.34.